The van der Waals surface area contributed by atoms with Gasteiger partial charge in [0.1, 0.15) is 11.6 Å². The third-order valence-electron chi connectivity index (χ3n) is 5.66. The van der Waals surface area contributed by atoms with Crippen LogP contribution >= 0.6 is 23.2 Å². The molecule has 0 radical (unpaired) electrons. The molecule has 0 bridgehead atoms. The molecule has 168 valence electrons. The van der Waals surface area contributed by atoms with E-state index >= 15 is 0 Å². The Kier molecular flexibility index (Phi) is 6.71. The molecule has 0 aliphatic heterocycles. The number of aromatic hydroxyl groups is 1. The summed E-state index contributed by atoms with van der Waals surface area (Å²) in [5.41, 5.74) is 1.41. The predicted molar refractivity (Wildman–Crippen MR) is 122 cm³/mol. The lowest BCUT2D eigenvalue weighted by Crippen LogP contribution is -2.45. The van der Waals surface area contributed by atoms with E-state index < -0.39 is 18.6 Å². The van der Waals surface area contributed by atoms with E-state index in [1.807, 2.05) is 0 Å². The number of phenols is 1. The number of aromatic nitrogens is 2. The van der Waals surface area contributed by atoms with Gasteiger partial charge in [-0.25, -0.2) is 4.98 Å². The van der Waals surface area contributed by atoms with Crippen LogP contribution in [0, 0.1) is 0 Å². The van der Waals surface area contributed by atoms with E-state index in [-0.39, 0.29) is 23.2 Å². The molecule has 4 rings (SSSR count). The van der Waals surface area contributed by atoms with Gasteiger partial charge in [0.05, 0.1) is 29.5 Å². The second-order valence-corrected chi connectivity index (χ2v) is 8.64. The highest BCUT2D eigenvalue weighted by Gasteiger charge is 2.29. The molecule has 1 saturated carbocycles. The molecule has 2 atom stereocenters. The number of nitrogens with one attached hydrogen (secondary N) is 1. The zero-order valence-electron chi connectivity index (χ0n) is 17.1. The van der Waals surface area contributed by atoms with E-state index in [0.29, 0.717) is 40.0 Å². The molecule has 1 aliphatic carbocycles. The van der Waals surface area contributed by atoms with E-state index in [4.69, 9.17) is 23.2 Å². The number of amides is 1. The Bertz CT molecular complexity index is 1130. The number of hydrogen-bond donors (Lipinski definition) is 4. The number of aliphatic hydroxyl groups is 2. The summed E-state index contributed by atoms with van der Waals surface area (Å²) in [4.78, 5) is 17.7. The van der Waals surface area contributed by atoms with Gasteiger partial charge < -0.3 is 20.6 Å². The standard InChI is InChI=1S/C23H23Cl2N3O4/c24-13-5-10-16(17(25)11-13)22-27-21(23(32)26-18-3-1-2-4-20(18)31)19(12-29)28(22)14-6-8-15(30)9-7-14/h5-11,18,20,29-31H,1-4,12H2,(H,26,32). The first-order valence-electron chi connectivity index (χ1n) is 10.3. The van der Waals surface area contributed by atoms with Crippen molar-refractivity contribution in [2.75, 3.05) is 0 Å². The van der Waals surface area contributed by atoms with Gasteiger partial charge in [0, 0.05) is 16.3 Å². The monoisotopic (exact) mass is 475 g/mol. The Morgan fingerprint density at radius 3 is 2.50 bits per heavy atom. The maximum absolute atomic E-state index is 13.2. The Hall–Kier alpha value is -2.58. The highest BCUT2D eigenvalue weighted by Crippen LogP contribution is 2.34. The number of aliphatic hydroxyl groups excluding tert-OH is 2. The minimum absolute atomic E-state index is 0.0411. The average molecular weight is 476 g/mol. The van der Waals surface area contributed by atoms with Crippen LogP contribution in [0.3, 0.4) is 0 Å². The van der Waals surface area contributed by atoms with Crippen LogP contribution in [0.2, 0.25) is 10.0 Å². The van der Waals surface area contributed by atoms with Gasteiger partial charge in [-0.3, -0.25) is 9.36 Å². The van der Waals surface area contributed by atoms with E-state index in [0.717, 1.165) is 12.8 Å². The van der Waals surface area contributed by atoms with E-state index in [2.05, 4.69) is 10.3 Å². The highest BCUT2D eigenvalue weighted by atomic mass is 35.5. The number of imidazole rings is 1. The van der Waals surface area contributed by atoms with Gasteiger partial charge in [0.2, 0.25) is 0 Å². The first kappa shape index (κ1) is 22.6. The third-order valence-corrected chi connectivity index (χ3v) is 6.21. The van der Waals surface area contributed by atoms with Gasteiger partial charge in [0.15, 0.2) is 5.69 Å². The van der Waals surface area contributed by atoms with Crippen molar-refractivity contribution in [2.24, 2.45) is 0 Å². The number of rotatable bonds is 5. The number of carbonyl (C=O) groups excluding carboxylic acids is 1. The van der Waals surface area contributed by atoms with Crippen molar-refractivity contribution < 1.29 is 20.1 Å². The van der Waals surface area contributed by atoms with Gasteiger partial charge in [-0.1, -0.05) is 36.0 Å². The summed E-state index contributed by atoms with van der Waals surface area (Å²) in [6.07, 6.45) is 2.53. The van der Waals surface area contributed by atoms with Crippen molar-refractivity contribution in [1.82, 2.24) is 14.9 Å². The van der Waals surface area contributed by atoms with Crippen molar-refractivity contribution in [2.45, 2.75) is 44.4 Å². The fourth-order valence-corrected chi connectivity index (χ4v) is 4.52. The molecule has 7 nitrogen and oxygen atoms in total. The van der Waals surface area contributed by atoms with Crippen molar-refractivity contribution in [3.8, 4) is 22.8 Å². The second-order valence-electron chi connectivity index (χ2n) is 7.80. The minimum atomic E-state index is -0.616. The molecule has 3 aromatic rings. The Morgan fingerprint density at radius 2 is 1.84 bits per heavy atom. The molecule has 2 aromatic carbocycles. The lowest BCUT2D eigenvalue weighted by Gasteiger charge is -2.28. The van der Waals surface area contributed by atoms with Crippen LogP contribution in [-0.2, 0) is 6.61 Å². The van der Waals surface area contributed by atoms with E-state index in [1.54, 1.807) is 34.9 Å². The second kappa shape index (κ2) is 9.50. The van der Waals surface area contributed by atoms with Gasteiger partial charge in [-0.15, -0.1) is 0 Å². The number of benzene rings is 2. The summed E-state index contributed by atoms with van der Waals surface area (Å²) in [5, 5.41) is 33.8. The molecule has 0 saturated heterocycles. The summed E-state index contributed by atoms with van der Waals surface area (Å²) >= 11 is 12.5. The Morgan fingerprint density at radius 1 is 1.12 bits per heavy atom. The normalized spacial score (nSPS) is 18.5. The van der Waals surface area contributed by atoms with E-state index in [1.165, 1.54) is 12.1 Å². The maximum Gasteiger partial charge on any atom is 0.272 e. The van der Waals surface area contributed by atoms with Crippen LogP contribution in [0.15, 0.2) is 42.5 Å². The fraction of sp³-hybridized carbons (Fsp3) is 0.304. The molecule has 1 fully saturated rings. The lowest BCUT2D eigenvalue weighted by molar-refractivity contribution is 0.0712. The predicted octanol–water partition coefficient (Wildman–Crippen LogP) is 4.08. The molecule has 9 heteroatoms. The van der Waals surface area contributed by atoms with Crippen LogP contribution in [0.5, 0.6) is 5.75 Å². The van der Waals surface area contributed by atoms with Crippen molar-refractivity contribution in [1.29, 1.82) is 0 Å². The average Bonchev–Trinajstić information content (AvgIpc) is 3.15. The number of phenolic OH excluding ortho intramolecular Hbond substituents is 1. The summed E-state index contributed by atoms with van der Waals surface area (Å²) < 4.78 is 1.63. The molecule has 0 spiro atoms. The smallest absolute Gasteiger partial charge is 0.272 e. The summed E-state index contributed by atoms with van der Waals surface area (Å²) in [5.74, 6) is -0.0608. The zero-order chi connectivity index (χ0) is 22.8. The molecule has 1 amide bonds. The fourth-order valence-electron chi connectivity index (χ4n) is 4.03. The van der Waals surface area contributed by atoms with Gasteiger partial charge >= 0.3 is 0 Å². The Balaban J connectivity index is 1.84. The van der Waals surface area contributed by atoms with Crippen LogP contribution in [0.1, 0.15) is 41.9 Å². The van der Waals surface area contributed by atoms with E-state index in [9.17, 15) is 20.1 Å². The van der Waals surface area contributed by atoms with Gasteiger partial charge in [-0.2, -0.15) is 0 Å². The number of hydrogen-bond acceptors (Lipinski definition) is 5. The topological polar surface area (TPSA) is 108 Å². The van der Waals surface area contributed by atoms with Gasteiger partial charge in [0.25, 0.3) is 5.91 Å². The van der Waals surface area contributed by atoms with Crippen molar-refractivity contribution in [3.05, 3.63) is 63.9 Å². The Labute approximate surface area is 195 Å². The number of nitrogens with zero attached hydrogens (tertiary/aromatic N) is 2. The first-order chi connectivity index (χ1) is 15.4. The van der Waals surface area contributed by atoms with Crippen LogP contribution in [-0.4, -0.2) is 42.9 Å². The third kappa shape index (κ3) is 4.47. The maximum atomic E-state index is 13.2. The molecule has 1 heterocycles. The summed E-state index contributed by atoms with van der Waals surface area (Å²) in [6.45, 7) is -0.463. The van der Waals surface area contributed by atoms with Gasteiger partial charge in [-0.05, 0) is 55.3 Å². The molecule has 2 unspecified atom stereocenters. The molecule has 1 aromatic heterocycles. The molecule has 32 heavy (non-hydrogen) atoms. The van der Waals surface area contributed by atoms with Crippen LogP contribution in [0.25, 0.3) is 17.1 Å². The molecule has 4 N–H and O–H groups in total. The lowest BCUT2D eigenvalue weighted by atomic mass is 9.92. The first-order valence-corrected chi connectivity index (χ1v) is 11.1. The SMILES string of the molecule is O=C(NC1CCCCC1O)c1nc(-c2ccc(Cl)cc2Cl)n(-c2ccc(O)cc2)c1CO. The molecular weight excluding hydrogens is 453 g/mol. The number of carbonyl (C=O) groups is 1. The highest BCUT2D eigenvalue weighted by molar-refractivity contribution is 6.36. The quantitative estimate of drug-likeness (QED) is 0.444. The molecular formula is C23H23Cl2N3O4. The largest absolute Gasteiger partial charge is 0.508 e. The minimum Gasteiger partial charge on any atom is -0.508 e. The van der Waals surface area contributed by atoms with Crippen LogP contribution < -0.4 is 5.32 Å². The summed E-state index contributed by atoms with van der Waals surface area (Å²) in [7, 11) is 0. The summed E-state index contributed by atoms with van der Waals surface area (Å²) in [6, 6.07) is 10.9. The number of halogens is 2. The molecule has 1 aliphatic rings. The zero-order valence-corrected chi connectivity index (χ0v) is 18.6. The van der Waals surface area contributed by atoms with Crippen molar-refractivity contribution in [3.63, 3.8) is 0 Å². The van der Waals surface area contributed by atoms with Crippen LogP contribution in [0.4, 0.5) is 0 Å². The van der Waals surface area contributed by atoms with Crippen molar-refractivity contribution >= 4 is 29.1 Å².